The predicted molar refractivity (Wildman–Crippen MR) is 111 cm³/mol. The highest BCUT2D eigenvalue weighted by atomic mass is 32.1. The molecule has 0 spiro atoms. The molecule has 3 N–H and O–H groups in total. The summed E-state index contributed by atoms with van der Waals surface area (Å²) < 4.78 is 12.7. The monoisotopic (exact) mass is 419 g/mol. The van der Waals surface area contributed by atoms with Crippen molar-refractivity contribution >= 4 is 16.3 Å². The summed E-state index contributed by atoms with van der Waals surface area (Å²) in [5.41, 5.74) is 1.04. The van der Waals surface area contributed by atoms with E-state index in [0.717, 1.165) is 54.7 Å². The summed E-state index contributed by atoms with van der Waals surface area (Å²) in [6, 6.07) is 5.86. The van der Waals surface area contributed by atoms with Crippen LogP contribution >= 0.6 is 11.3 Å². The molecule has 2 aromatic heterocycles. The van der Waals surface area contributed by atoms with Crippen LogP contribution in [-0.2, 0) is 0 Å². The van der Waals surface area contributed by atoms with E-state index >= 15 is 0 Å². The van der Waals surface area contributed by atoms with E-state index in [1.165, 1.54) is 16.2 Å². The standard InChI is InChI=1S/C20H27N5O3S/c1-5-23-8-10-24(11-9-23)17(15-7-6-14(27-3)12-16(15)28-4)18-19(26)25-20(29-18)21-13(2)22-25/h6-7,12,17,26H,5,8-11H2,1-4H3/p+2/t17-/m0/s1. The number of benzene rings is 1. The molecule has 0 radical (unpaired) electrons. The number of nitrogens with zero attached hydrogens (tertiary/aromatic N) is 3. The molecule has 1 aliphatic rings. The highest BCUT2D eigenvalue weighted by molar-refractivity contribution is 7.17. The third-order valence-electron chi connectivity index (χ3n) is 5.83. The molecule has 1 atom stereocenters. The lowest BCUT2D eigenvalue weighted by atomic mass is 10.0. The molecule has 156 valence electrons. The van der Waals surface area contributed by atoms with Crippen LogP contribution in [0.1, 0.15) is 29.2 Å². The lowest BCUT2D eigenvalue weighted by Gasteiger charge is -2.34. The number of aryl methyl sites for hydroxylation is 1. The van der Waals surface area contributed by atoms with E-state index < -0.39 is 0 Å². The average molecular weight is 420 g/mol. The van der Waals surface area contributed by atoms with Crippen LogP contribution in [0.25, 0.3) is 4.96 Å². The smallest absolute Gasteiger partial charge is 0.235 e. The van der Waals surface area contributed by atoms with Gasteiger partial charge in [-0.05, 0) is 26.0 Å². The van der Waals surface area contributed by atoms with E-state index in [2.05, 4.69) is 23.1 Å². The SMILES string of the molecule is CC[NH+]1CC[NH+]([C@@H](c2ccc(OC)cc2OC)c2sc3nc(C)nn3c2O)CC1. The van der Waals surface area contributed by atoms with Gasteiger partial charge >= 0.3 is 0 Å². The summed E-state index contributed by atoms with van der Waals surface area (Å²) in [6.45, 7) is 9.48. The number of quaternary nitrogens is 2. The summed E-state index contributed by atoms with van der Waals surface area (Å²) in [7, 11) is 3.33. The molecule has 1 fully saturated rings. The van der Waals surface area contributed by atoms with Crippen molar-refractivity contribution in [3.8, 4) is 17.4 Å². The average Bonchev–Trinajstić information content (AvgIpc) is 3.26. The van der Waals surface area contributed by atoms with Crippen molar-refractivity contribution in [2.24, 2.45) is 0 Å². The van der Waals surface area contributed by atoms with Gasteiger partial charge in [-0.2, -0.15) is 4.52 Å². The number of aromatic hydroxyl groups is 1. The normalized spacial score (nSPS) is 20.7. The van der Waals surface area contributed by atoms with E-state index in [1.807, 2.05) is 19.1 Å². The minimum atomic E-state index is -0.0527. The number of fused-ring (bicyclic) bond motifs is 1. The molecule has 8 nitrogen and oxygen atoms in total. The van der Waals surface area contributed by atoms with Gasteiger partial charge < -0.3 is 24.4 Å². The number of methoxy groups -OCH3 is 2. The van der Waals surface area contributed by atoms with Crippen LogP contribution in [0.2, 0.25) is 0 Å². The highest BCUT2D eigenvalue weighted by Gasteiger charge is 2.37. The molecular formula is C20H29N5O3S+2. The van der Waals surface area contributed by atoms with Crippen LogP contribution in [0.3, 0.4) is 0 Å². The van der Waals surface area contributed by atoms with E-state index in [4.69, 9.17) is 9.47 Å². The first kappa shape index (κ1) is 19.9. The summed E-state index contributed by atoms with van der Waals surface area (Å²) in [4.78, 5) is 9.08. The molecule has 3 aromatic rings. The Hall–Kier alpha value is -2.36. The lowest BCUT2D eigenvalue weighted by Crippen LogP contribution is -3.28. The van der Waals surface area contributed by atoms with Crippen LogP contribution in [0, 0.1) is 6.92 Å². The molecule has 29 heavy (non-hydrogen) atoms. The summed E-state index contributed by atoms with van der Waals surface area (Å²) in [5.74, 6) is 2.35. The van der Waals surface area contributed by atoms with E-state index in [9.17, 15) is 5.11 Å². The van der Waals surface area contributed by atoms with Gasteiger partial charge in [0.05, 0.1) is 26.3 Å². The molecular weight excluding hydrogens is 390 g/mol. The van der Waals surface area contributed by atoms with Crippen molar-refractivity contribution in [3.63, 3.8) is 0 Å². The van der Waals surface area contributed by atoms with Crippen molar-refractivity contribution in [1.29, 1.82) is 0 Å². The van der Waals surface area contributed by atoms with E-state index in [1.54, 1.807) is 23.6 Å². The van der Waals surface area contributed by atoms with Crippen molar-refractivity contribution in [1.82, 2.24) is 14.6 Å². The topological polar surface area (TPSA) is 77.8 Å². The Morgan fingerprint density at radius 1 is 1.21 bits per heavy atom. The van der Waals surface area contributed by atoms with Gasteiger partial charge in [-0.25, -0.2) is 4.98 Å². The fraction of sp³-hybridized carbons (Fsp3) is 0.500. The van der Waals surface area contributed by atoms with Crippen molar-refractivity contribution in [2.75, 3.05) is 46.9 Å². The Morgan fingerprint density at radius 2 is 1.97 bits per heavy atom. The Kier molecular flexibility index (Phi) is 5.62. The second-order valence-electron chi connectivity index (χ2n) is 7.45. The van der Waals surface area contributed by atoms with Crippen LogP contribution in [0.15, 0.2) is 18.2 Å². The van der Waals surface area contributed by atoms with Gasteiger partial charge in [0.1, 0.15) is 48.4 Å². The fourth-order valence-corrected chi connectivity index (χ4v) is 5.38. The van der Waals surface area contributed by atoms with Gasteiger partial charge in [0.15, 0.2) is 6.04 Å². The first-order chi connectivity index (χ1) is 14.0. The Bertz CT molecular complexity index is 994. The number of rotatable bonds is 6. The predicted octanol–water partition coefficient (Wildman–Crippen LogP) is -0.285. The molecule has 1 saturated heterocycles. The Balaban J connectivity index is 1.81. The zero-order valence-corrected chi connectivity index (χ0v) is 18.2. The number of piperazine rings is 1. The van der Waals surface area contributed by atoms with Gasteiger partial charge in [0.25, 0.3) is 0 Å². The fourth-order valence-electron chi connectivity index (χ4n) is 4.21. The Morgan fingerprint density at radius 3 is 2.59 bits per heavy atom. The molecule has 9 heteroatoms. The number of hydrogen-bond acceptors (Lipinski definition) is 6. The Labute approximate surface area is 174 Å². The largest absolute Gasteiger partial charge is 0.497 e. The molecule has 0 aliphatic carbocycles. The zero-order chi connectivity index (χ0) is 20.5. The molecule has 0 saturated carbocycles. The van der Waals surface area contributed by atoms with Crippen molar-refractivity contribution < 1.29 is 24.4 Å². The molecule has 0 bridgehead atoms. The van der Waals surface area contributed by atoms with Crippen LogP contribution in [0.5, 0.6) is 17.4 Å². The number of aromatic nitrogens is 3. The minimum Gasteiger partial charge on any atom is -0.497 e. The molecule has 1 aromatic carbocycles. The quantitative estimate of drug-likeness (QED) is 0.512. The van der Waals surface area contributed by atoms with Gasteiger partial charge in [-0.15, -0.1) is 5.10 Å². The number of thiazole rings is 1. The lowest BCUT2D eigenvalue weighted by molar-refractivity contribution is -1.02. The number of ether oxygens (including phenoxy) is 2. The summed E-state index contributed by atoms with van der Waals surface area (Å²) in [6.07, 6.45) is 0. The van der Waals surface area contributed by atoms with Gasteiger partial charge in [0, 0.05) is 6.07 Å². The maximum atomic E-state index is 11.0. The van der Waals surface area contributed by atoms with Crippen molar-refractivity contribution in [2.45, 2.75) is 19.9 Å². The zero-order valence-electron chi connectivity index (χ0n) is 17.4. The van der Waals surface area contributed by atoms with Crippen LogP contribution in [0.4, 0.5) is 0 Å². The van der Waals surface area contributed by atoms with Gasteiger partial charge in [-0.1, -0.05) is 11.3 Å². The van der Waals surface area contributed by atoms with E-state index in [-0.39, 0.29) is 11.9 Å². The number of nitrogens with one attached hydrogen (secondary N) is 2. The molecule has 1 aliphatic heterocycles. The first-order valence-electron chi connectivity index (χ1n) is 10.0. The van der Waals surface area contributed by atoms with Crippen LogP contribution < -0.4 is 19.3 Å². The minimum absolute atomic E-state index is 0.0527. The number of hydrogen-bond donors (Lipinski definition) is 3. The third-order valence-corrected chi connectivity index (χ3v) is 6.91. The second-order valence-corrected chi connectivity index (χ2v) is 8.46. The summed E-state index contributed by atoms with van der Waals surface area (Å²) in [5, 5.41) is 15.4. The van der Waals surface area contributed by atoms with Crippen molar-refractivity contribution in [3.05, 3.63) is 34.5 Å². The first-order valence-corrected chi connectivity index (χ1v) is 10.8. The van der Waals surface area contributed by atoms with Gasteiger partial charge in [-0.3, -0.25) is 0 Å². The van der Waals surface area contributed by atoms with Gasteiger partial charge in [0.2, 0.25) is 10.8 Å². The maximum Gasteiger partial charge on any atom is 0.235 e. The maximum absolute atomic E-state index is 11.0. The summed E-state index contributed by atoms with van der Waals surface area (Å²) >= 11 is 1.50. The molecule has 0 unspecified atom stereocenters. The third kappa shape index (κ3) is 3.65. The van der Waals surface area contributed by atoms with E-state index in [0.29, 0.717) is 10.8 Å². The second kappa shape index (κ2) is 8.17. The molecule has 4 rings (SSSR count). The number of likely N-dealkylation sites (N-methyl/N-ethyl adjacent to an activating group) is 1. The highest BCUT2D eigenvalue weighted by Crippen LogP contribution is 2.39. The van der Waals surface area contributed by atoms with Crippen LogP contribution in [-0.4, -0.2) is 66.6 Å². The molecule has 0 amide bonds. The molecule has 3 heterocycles.